The molecule has 2 fully saturated rings. The van der Waals surface area contributed by atoms with E-state index < -0.39 is 28.8 Å². The Morgan fingerprint density at radius 2 is 1.64 bits per heavy atom. The predicted molar refractivity (Wildman–Crippen MR) is 107 cm³/mol. The number of esters is 1. The molecule has 0 spiro atoms. The number of nitrogens with zero attached hydrogens (tertiary/aromatic N) is 1. The summed E-state index contributed by atoms with van der Waals surface area (Å²) in [5, 5.41) is 9.29. The summed E-state index contributed by atoms with van der Waals surface area (Å²) in [5.41, 5.74) is 1.76. The van der Waals surface area contributed by atoms with Crippen LogP contribution in [0.2, 0.25) is 0 Å². The Morgan fingerprint density at radius 3 is 2.14 bits per heavy atom. The van der Waals surface area contributed by atoms with Crippen molar-refractivity contribution < 1.29 is 19.4 Å². The van der Waals surface area contributed by atoms with Crippen molar-refractivity contribution in [2.45, 2.75) is 36.1 Å². The first-order valence-corrected chi connectivity index (χ1v) is 10.2. The van der Waals surface area contributed by atoms with Gasteiger partial charge in [0.1, 0.15) is 6.04 Å². The molecular weight excluding hydrogens is 374 g/mol. The molecule has 2 aliphatic rings. The van der Waals surface area contributed by atoms with E-state index in [9.17, 15) is 14.7 Å². The predicted octanol–water partition coefficient (Wildman–Crippen LogP) is 2.99. The van der Waals surface area contributed by atoms with E-state index in [1.807, 2.05) is 74.5 Å². The van der Waals surface area contributed by atoms with E-state index in [1.165, 1.54) is 0 Å². The monoisotopic (exact) mass is 397 g/mol. The molecule has 2 aromatic carbocycles. The third kappa shape index (κ3) is 3.10. The number of hydrogen-bond donors (Lipinski definition) is 1. The second-order valence-corrected chi connectivity index (χ2v) is 9.46. The molecule has 4 rings (SSSR count). The molecule has 1 N–H and O–H groups in total. The number of aliphatic hydroxyl groups is 1. The lowest BCUT2D eigenvalue weighted by Crippen LogP contribution is -2.63. The summed E-state index contributed by atoms with van der Waals surface area (Å²) in [4.78, 5) is 27.3. The van der Waals surface area contributed by atoms with Crippen LogP contribution in [-0.2, 0) is 14.3 Å². The zero-order chi connectivity index (χ0) is 19.9. The summed E-state index contributed by atoms with van der Waals surface area (Å²) in [7, 11) is 0. The Kier molecular flexibility index (Phi) is 4.93. The van der Waals surface area contributed by atoms with Crippen molar-refractivity contribution in [1.29, 1.82) is 0 Å². The van der Waals surface area contributed by atoms with Crippen LogP contribution in [0.1, 0.15) is 31.1 Å². The van der Waals surface area contributed by atoms with Crippen molar-refractivity contribution in [3.63, 3.8) is 0 Å². The molecule has 0 bridgehead atoms. The second-order valence-electron chi connectivity index (χ2n) is 7.69. The van der Waals surface area contributed by atoms with Crippen LogP contribution < -0.4 is 0 Å². The Morgan fingerprint density at radius 1 is 1.11 bits per heavy atom. The Labute approximate surface area is 168 Å². The van der Waals surface area contributed by atoms with E-state index in [2.05, 4.69) is 0 Å². The maximum atomic E-state index is 13.3. The molecule has 28 heavy (non-hydrogen) atoms. The minimum absolute atomic E-state index is 0.169. The lowest BCUT2D eigenvalue weighted by Gasteiger charge is -2.43. The van der Waals surface area contributed by atoms with Gasteiger partial charge in [0.2, 0.25) is 5.91 Å². The lowest BCUT2D eigenvalue weighted by atomic mass is 9.92. The highest BCUT2D eigenvalue weighted by molar-refractivity contribution is 8.01. The SMILES string of the molecule is CC1(C)S[C@@H]2[C@H](CO)C(=O)N2[C@@H]1C(=O)OC(c1ccccc1)c1ccccc1. The van der Waals surface area contributed by atoms with E-state index in [0.29, 0.717) is 0 Å². The van der Waals surface area contributed by atoms with Gasteiger partial charge < -0.3 is 14.7 Å². The number of rotatable bonds is 5. The van der Waals surface area contributed by atoms with E-state index in [1.54, 1.807) is 16.7 Å². The fraction of sp³-hybridized carbons (Fsp3) is 0.364. The van der Waals surface area contributed by atoms with Gasteiger partial charge in [-0.25, -0.2) is 4.79 Å². The molecule has 2 aromatic rings. The number of fused-ring (bicyclic) bond motifs is 1. The van der Waals surface area contributed by atoms with Crippen LogP contribution in [0, 0.1) is 5.92 Å². The van der Waals surface area contributed by atoms with Gasteiger partial charge in [0.25, 0.3) is 0 Å². The highest BCUT2D eigenvalue weighted by Crippen LogP contribution is 2.53. The van der Waals surface area contributed by atoms with Gasteiger partial charge in [-0.3, -0.25) is 4.79 Å². The molecule has 2 aliphatic heterocycles. The quantitative estimate of drug-likeness (QED) is 0.621. The fourth-order valence-electron chi connectivity index (χ4n) is 4.00. The molecule has 2 heterocycles. The molecule has 146 valence electrons. The topological polar surface area (TPSA) is 66.8 Å². The van der Waals surface area contributed by atoms with E-state index in [4.69, 9.17) is 4.74 Å². The number of carbonyl (C=O) groups excluding carboxylic acids is 2. The average molecular weight is 397 g/mol. The number of benzene rings is 2. The highest BCUT2D eigenvalue weighted by Gasteiger charge is 2.63. The van der Waals surface area contributed by atoms with Crippen LogP contribution in [0.15, 0.2) is 60.7 Å². The summed E-state index contributed by atoms with van der Waals surface area (Å²) in [6, 6.07) is 18.5. The van der Waals surface area contributed by atoms with Crippen molar-refractivity contribution in [2.75, 3.05) is 6.61 Å². The average Bonchev–Trinajstić information content (AvgIpc) is 2.95. The first-order chi connectivity index (χ1) is 13.4. The Hall–Kier alpha value is -2.31. The fourth-order valence-corrected chi connectivity index (χ4v) is 5.67. The standard InChI is InChI=1S/C22H23NO4S/c1-22(2)18(23-19(25)16(13-24)20(23)28-22)21(26)27-17(14-9-5-3-6-10-14)15-11-7-4-8-12-15/h3-12,16-18,20,24H,13H2,1-2H3/t16-,18-,20-/m1/s1. The van der Waals surface area contributed by atoms with E-state index in [-0.39, 0.29) is 17.9 Å². The summed E-state index contributed by atoms with van der Waals surface area (Å²) >= 11 is 1.55. The molecule has 3 atom stereocenters. The van der Waals surface area contributed by atoms with Crippen molar-refractivity contribution in [2.24, 2.45) is 5.92 Å². The van der Waals surface area contributed by atoms with Crippen LogP contribution in [0.5, 0.6) is 0 Å². The first-order valence-electron chi connectivity index (χ1n) is 9.35. The molecular formula is C22H23NO4S. The third-order valence-corrected chi connectivity index (χ3v) is 7.04. The highest BCUT2D eigenvalue weighted by atomic mass is 32.2. The van der Waals surface area contributed by atoms with Crippen molar-refractivity contribution >= 4 is 23.6 Å². The van der Waals surface area contributed by atoms with Gasteiger partial charge in [-0.05, 0) is 25.0 Å². The molecule has 5 nitrogen and oxygen atoms in total. The van der Waals surface area contributed by atoms with Gasteiger partial charge in [-0.1, -0.05) is 60.7 Å². The first kappa shape index (κ1) is 19.0. The van der Waals surface area contributed by atoms with E-state index >= 15 is 0 Å². The Balaban J connectivity index is 1.62. The molecule has 0 aromatic heterocycles. The van der Waals surface area contributed by atoms with Crippen LogP contribution in [0.25, 0.3) is 0 Å². The summed E-state index contributed by atoms with van der Waals surface area (Å²) in [6.45, 7) is 3.70. The number of carbonyl (C=O) groups is 2. The molecule has 6 heteroatoms. The minimum atomic E-state index is -0.673. The van der Waals surface area contributed by atoms with Gasteiger partial charge in [0.05, 0.1) is 17.9 Å². The smallest absolute Gasteiger partial charge is 0.331 e. The maximum absolute atomic E-state index is 13.3. The zero-order valence-corrected chi connectivity index (χ0v) is 16.6. The van der Waals surface area contributed by atoms with Crippen molar-refractivity contribution in [1.82, 2.24) is 4.90 Å². The summed E-state index contributed by atoms with van der Waals surface area (Å²) in [6.07, 6.45) is -0.542. The molecule has 1 amide bonds. The molecule has 2 saturated heterocycles. The van der Waals surface area contributed by atoms with Gasteiger partial charge in [-0.15, -0.1) is 11.8 Å². The third-order valence-electron chi connectivity index (χ3n) is 5.41. The van der Waals surface area contributed by atoms with E-state index in [0.717, 1.165) is 11.1 Å². The van der Waals surface area contributed by atoms with Gasteiger partial charge in [0.15, 0.2) is 6.10 Å². The van der Waals surface area contributed by atoms with Crippen LogP contribution >= 0.6 is 11.8 Å². The number of ether oxygens (including phenoxy) is 1. The molecule has 0 aliphatic carbocycles. The van der Waals surface area contributed by atoms with Gasteiger partial charge in [0, 0.05) is 4.75 Å². The van der Waals surface area contributed by atoms with Crippen LogP contribution in [-0.4, -0.2) is 44.7 Å². The Bertz CT molecular complexity index is 831. The van der Waals surface area contributed by atoms with Crippen molar-refractivity contribution in [3.05, 3.63) is 71.8 Å². The second kappa shape index (κ2) is 7.26. The largest absolute Gasteiger partial charge is 0.451 e. The van der Waals surface area contributed by atoms with Gasteiger partial charge >= 0.3 is 5.97 Å². The number of hydrogen-bond acceptors (Lipinski definition) is 5. The number of thioether (sulfide) groups is 1. The lowest BCUT2D eigenvalue weighted by molar-refractivity contribution is -0.170. The number of β-lactam (4-membered cyclic amide) rings is 1. The van der Waals surface area contributed by atoms with Crippen molar-refractivity contribution in [3.8, 4) is 0 Å². The van der Waals surface area contributed by atoms with Gasteiger partial charge in [-0.2, -0.15) is 0 Å². The summed E-state index contributed by atoms with van der Waals surface area (Å²) < 4.78 is 5.52. The number of amides is 1. The minimum Gasteiger partial charge on any atom is -0.451 e. The molecule has 0 saturated carbocycles. The van der Waals surface area contributed by atoms with Crippen LogP contribution in [0.4, 0.5) is 0 Å². The molecule has 0 radical (unpaired) electrons. The maximum Gasteiger partial charge on any atom is 0.331 e. The van der Waals surface area contributed by atoms with Crippen LogP contribution in [0.3, 0.4) is 0 Å². The number of aliphatic hydroxyl groups excluding tert-OH is 1. The summed E-state index contributed by atoms with van der Waals surface area (Å²) in [5.74, 6) is -1.02. The zero-order valence-electron chi connectivity index (χ0n) is 15.8. The normalized spacial score (nSPS) is 25.4. The molecule has 0 unspecified atom stereocenters.